The van der Waals surface area contributed by atoms with Crippen LogP contribution in [0, 0.1) is 0 Å². The van der Waals surface area contributed by atoms with E-state index in [4.69, 9.17) is 11.6 Å². The average Bonchev–Trinajstić information content (AvgIpc) is 2.63. The van der Waals surface area contributed by atoms with Crippen molar-refractivity contribution in [3.05, 3.63) is 42.4 Å². The topological polar surface area (TPSA) is 49.3 Å². The van der Waals surface area contributed by atoms with Crippen LogP contribution in [0.4, 0.5) is 5.69 Å². The van der Waals surface area contributed by atoms with Crippen LogP contribution in [0.2, 0.25) is 5.02 Å². The first-order valence-electron chi connectivity index (χ1n) is 4.72. The first kappa shape index (κ1) is 13.9. The summed E-state index contributed by atoms with van der Waals surface area (Å²) >= 11 is 13.7. The van der Waals surface area contributed by atoms with E-state index in [1.54, 1.807) is 12.1 Å². The lowest BCUT2D eigenvalue weighted by atomic mass is 10.2. The monoisotopic (exact) mass is 409 g/mol. The van der Waals surface area contributed by atoms with Gasteiger partial charge < -0.3 is 10.4 Å². The zero-order valence-corrected chi connectivity index (χ0v) is 13.5. The van der Waals surface area contributed by atoms with Gasteiger partial charge in [0.15, 0.2) is 0 Å². The molecule has 94 valence electrons. The third-order valence-corrected chi connectivity index (χ3v) is 4.76. The number of carbonyl (C=O) groups excluding carboxylic acids is 1. The molecular formula is C11H6Br2ClNO2S. The van der Waals surface area contributed by atoms with Crippen molar-refractivity contribution < 1.29 is 9.90 Å². The van der Waals surface area contributed by atoms with Gasteiger partial charge in [-0.1, -0.05) is 11.6 Å². The zero-order valence-electron chi connectivity index (χ0n) is 8.71. The number of carbonyl (C=O) groups is 1. The number of thiophene rings is 1. The van der Waals surface area contributed by atoms with Gasteiger partial charge in [0.25, 0.3) is 5.91 Å². The highest BCUT2D eigenvalue weighted by molar-refractivity contribution is 9.12. The maximum Gasteiger partial charge on any atom is 0.257 e. The van der Waals surface area contributed by atoms with Gasteiger partial charge in [-0.25, -0.2) is 0 Å². The second kappa shape index (κ2) is 5.61. The molecule has 3 nitrogen and oxygen atoms in total. The Morgan fingerprint density at radius 2 is 2.06 bits per heavy atom. The Balaban J connectivity index is 2.21. The molecule has 0 aliphatic carbocycles. The fourth-order valence-electron chi connectivity index (χ4n) is 1.28. The molecule has 0 bridgehead atoms. The SMILES string of the molecule is O=C(Nc1ccc(Cl)c(O)c1)c1cc(Br)sc1Br. The molecule has 1 heterocycles. The molecule has 1 amide bonds. The molecule has 1 aromatic carbocycles. The number of hydrogen-bond donors (Lipinski definition) is 2. The summed E-state index contributed by atoms with van der Waals surface area (Å²) in [5, 5.41) is 12.4. The number of aromatic hydroxyl groups is 1. The number of rotatable bonds is 2. The molecule has 0 unspecified atom stereocenters. The molecule has 0 radical (unpaired) electrons. The number of hydrogen-bond acceptors (Lipinski definition) is 3. The highest BCUT2D eigenvalue weighted by Crippen LogP contribution is 2.33. The lowest BCUT2D eigenvalue weighted by molar-refractivity contribution is 0.102. The summed E-state index contributed by atoms with van der Waals surface area (Å²) in [5.74, 6) is -0.328. The van der Waals surface area contributed by atoms with Crippen LogP contribution >= 0.6 is 54.8 Å². The van der Waals surface area contributed by atoms with Crippen molar-refractivity contribution in [1.82, 2.24) is 0 Å². The van der Waals surface area contributed by atoms with Gasteiger partial charge in [0.1, 0.15) is 5.75 Å². The van der Waals surface area contributed by atoms with Crippen LogP contribution in [0.1, 0.15) is 10.4 Å². The van der Waals surface area contributed by atoms with Gasteiger partial charge in [-0.2, -0.15) is 0 Å². The van der Waals surface area contributed by atoms with E-state index in [0.29, 0.717) is 11.3 Å². The average molecular weight is 412 g/mol. The summed E-state index contributed by atoms with van der Waals surface area (Å²) in [4.78, 5) is 12.0. The number of amides is 1. The van der Waals surface area contributed by atoms with Crippen molar-refractivity contribution >= 4 is 66.4 Å². The van der Waals surface area contributed by atoms with E-state index < -0.39 is 0 Å². The van der Waals surface area contributed by atoms with Crippen molar-refractivity contribution in [3.63, 3.8) is 0 Å². The quantitative estimate of drug-likeness (QED) is 0.740. The van der Waals surface area contributed by atoms with Crippen LogP contribution in [-0.2, 0) is 0 Å². The molecule has 7 heteroatoms. The standard InChI is InChI=1S/C11H6Br2ClNO2S/c12-9-4-6(10(13)18-9)11(17)15-5-1-2-7(14)8(16)3-5/h1-4,16H,(H,15,17). The molecule has 2 rings (SSSR count). The molecule has 0 atom stereocenters. The van der Waals surface area contributed by atoms with E-state index in [1.807, 2.05) is 0 Å². The van der Waals surface area contributed by atoms with Gasteiger partial charge in [0.2, 0.25) is 0 Å². The maximum absolute atomic E-state index is 12.0. The van der Waals surface area contributed by atoms with E-state index in [-0.39, 0.29) is 16.7 Å². The largest absolute Gasteiger partial charge is 0.506 e. The second-order valence-electron chi connectivity index (χ2n) is 3.36. The van der Waals surface area contributed by atoms with Crippen molar-refractivity contribution in [2.75, 3.05) is 5.32 Å². The molecule has 18 heavy (non-hydrogen) atoms. The van der Waals surface area contributed by atoms with Gasteiger partial charge in [0.05, 0.1) is 18.2 Å². The Bertz CT molecular complexity index is 615. The van der Waals surface area contributed by atoms with Crippen LogP contribution in [-0.4, -0.2) is 11.0 Å². The third-order valence-electron chi connectivity index (χ3n) is 2.11. The predicted molar refractivity (Wildman–Crippen MR) is 80.8 cm³/mol. The van der Waals surface area contributed by atoms with Crippen LogP contribution < -0.4 is 5.32 Å². The first-order valence-corrected chi connectivity index (χ1v) is 7.50. The number of nitrogens with one attached hydrogen (secondary N) is 1. The Labute approximate surface area is 129 Å². The van der Waals surface area contributed by atoms with Gasteiger partial charge in [-0.15, -0.1) is 11.3 Å². The normalized spacial score (nSPS) is 10.4. The number of phenols is 1. The molecule has 0 saturated heterocycles. The molecule has 0 aliphatic rings. The van der Waals surface area contributed by atoms with Crippen LogP contribution in [0.15, 0.2) is 31.8 Å². The van der Waals surface area contributed by atoms with Gasteiger partial charge in [0, 0.05) is 11.8 Å². The summed E-state index contributed by atoms with van der Waals surface area (Å²) in [6.45, 7) is 0. The van der Waals surface area contributed by atoms with E-state index in [2.05, 4.69) is 37.2 Å². The van der Waals surface area contributed by atoms with Crippen molar-refractivity contribution in [2.24, 2.45) is 0 Å². The highest BCUT2D eigenvalue weighted by Gasteiger charge is 2.14. The fourth-order valence-corrected chi connectivity index (χ4v) is 4.19. The minimum atomic E-state index is -0.259. The van der Waals surface area contributed by atoms with Gasteiger partial charge in [-0.3, -0.25) is 4.79 Å². The fraction of sp³-hybridized carbons (Fsp3) is 0. The highest BCUT2D eigenvalue weighted by atomic mass is 79.9. The number of anilines is 1. The van der Waals surface area contributed by atoms with E-state index in [0.717, 1.165) is 7.57 Å². The van der Waals surface area contributed by atoms with Crippen molar-refractivity contribution in [3.8, 4) is 5.75 Å². The number of halogens is 3. The smallest absolute Gasteiger partial charge is 0.257 e. The maximum atomic E-state index is 12.0. The lowest BCUT2D eigenvalue weighted by Crippen LogP contribution is -2.11. The molecule has 0 aliphatic heterocycles. The van der Waals surface area contributed by atoms with Crippen LogP contribution in [0.5, 0.6) is 5.75 Å². The Kier molecular flexibility index (Phi) is 4.32. The number of phenolic OH excluding ortho intramolecular Hbond substituents is 1. The summed E-state index contributed by atoms with van der Waals surface area (Å²) in [6, 6.07) is 6.26. The summed E-state index contributed by atoms with van der Waals surface area (Å²) in [7, 11) is 0. The van der Waals surface area contributed by atoms with Gasteiger partial charge >= 0.3 is 0 Å². The number of benzene rings is 1. The molecule has 0 spiro atoms. The summed E-state index contributed by atoms with van der Waals surface area (Å²) in [6.07, 6.45) is 0. The minimum Gasteiger partial charge on any atom is -0.506 e. The Morgan fingerprint density at radius 3 is 2.61 bits per heavy atom. The molecule has 2 aromatic rings. The van der Waals surface area contributed by atoms with Crippen LogP contribution in [0.3, 0.4) is 0 Å². The Morgan fingerprint density at radius 1 is 1.33 bits per heavy atom. The Hall–Kier alpha value is -0.560. The summed E-state index contributed by atoms with van der Waals surface area (Å²) < 4.78 is 1.60. The second-order valence-corrected chi connectivity index (χ2v) is 7.51. The van der Waals surface area contributed by atoms with Crippen molar-refractivity contribution in [2.45, 2.75) is 0 Å². The van der Waals surface area contributed by atoms with Crippen molar-refractivity contribution in [1.29, 1.82) is 0 Å². The van der Waals surface area contributed by atoms with E-state index >= 15 is 0 Å². The van der Waals surface area contributed by atoms with Gasteiger partial charge in [-0.05, 0) is 50.1 Å². The van der Waals surface area contributed by atoms with Crippen LogP contribution in [0.25, 0.3) is 0 Å². The zero-order chi connectivity index (χ0) is 13.3. The molecule has 0 saturated carbocycles. The molecular weight excluding hydrogens is 405 g/mol. The molecule has 0 fully saturated rings. The molecule has 2 N–H and O–H groups in total. The minimum absolute atomic E-state index is 0.0694. The summed E-state index contributed by atoms with van der Waals surface area (Å²) in [5.41, 5.74) is 1.01. The van der Waals surface area contributed by atoms with E-state index in [1.165, 1.54) is 23.5 Å². The predicted octanol–water partition coefficient (Wildman–Crippen LogP) is 4.88. The third kappa shape index (κ3) is 3.06. The van der Waals surface area contributed by atoms with E-state index in [9.17, 15) is 9.90 Å². The lowest BCUT2D eigenvalue weighted by Gasteiger charge is -2.05. The molecule has 1 aromatic heterocycles. The first-order chi connectivity index (χ1) is 8.47.